The van der Waals surface area contributed by atoms with E-state index in [9.17, 15) is 9.59 Å². The van der Waals surface area contributed by atoms with Crippen LogP contribution in [0, 0.1) is 6.92 Å². The monoisotopic (exact) mass is 398 g/mol. The van der Waals surface area contributed by atoms with E-state index in [1.54, 1.807) is 44.2 Å². The number of anilines is 1. The molecule has 1 aliphatic heterocycles. The number of methoxy groups -OCH3 is 2. The molecule has 7 nitrogen and oxygen atoms in total. The van der Waals surface area contributed by atoms with Crippen molar-refractivity contribution in [3.8, 4) is 11.5 Å². The Hall–Kier alpha value is -3.22. The smallest absolute Gasteiger partial charge is 0.338 e. The molecule has 1 fully saturated rings. The number of hydrogen-bond acceptors (Lipinski definition) is 6. The molecular weight excluding hydrogens is 372 g/mol. The van der Waals surface area contributed by atoms with E-state index in [0.29, 0.717) is 37.5 Å². The zero-order chi connectivity index (χ0) is 20.8. The number of rotatable bonds is 6. The lowest BCUT2D eigenvalue weighted by molar-refractivity contribution is -0.134. The zero-order valence-corrected chi connectivity index (χ0v) is 17.0. The van der Waals surface area contributed by atoms with Gasteiger partial charge in [0.1, 0.15) is 11.5 Å². The van der Waals surface area contributed by atoms with Crippen molar-refractivity contribution in [2.24, 2.45) is 0 Å². The van der Waals surface area contributed by atoms with Crippen molar-refractivity contribution in [3.63, 3.8) is 0 Å². The highest BCUT2D eigenvalue weighted by molar-refractivity contribution is 5.93. The number of aryl methyl sites for hydroxylation is 1. The number of hydrogen-bond donors (Lipinski definition) is 0. The second-order valence-corrected chi connectivity index (χ2v) is 6.80. The predicted octanol–water partition coefficient (Wildman–Crippen LogP) is 2.52. The van der Waals surface area contributed by atoms with E-state index in [0.717, 1.165) is 17.0 Å². The van der Waals surface area contributed by atoms with Crippen LogP contribution in [0.3, 0.4) is 0 Å². The standard InChI is InChI=1S/C22H26N2O5/c1-16-14-17(27-2)8-9-18(16)22(26)29-15-21(25)24-12-10-23(11-13-24)19-6-4-5-7-20(19)28-3/h4-9,14H,10-13,15H2,1-3H3. The van der Waals surface area contributed by atoms with Crippen LogP contribution in [0.15, 0.2) is 42.5 Å². The molecule has 0 aliphatic carbocycles. The van der Waals surface area contributed by atoms with E-state index in [1.165, 1.54) is 0 Å². The summed E-state index contributed by atoms with van der Waals surface area (Å²) >= 11 is 0. The zero-order valence-electron chi connectivity index (χ0n) is 17.0. The van der Waals surface area contributed by atoms with Gasteiger partial charge in [-0.05, 0) is 42.8 Å². The molecule has 2 aromatic rings. The van der Waals surface area contributed by atoms with Gasteiger partial charge in [-0.15, -0.1) is 0 Å². The molecule has 0 aromatic heterocycles. The van der Waals surface area contributed by atoms with Gasteiger partial charge in [0.15, 0.2) is 6.61 Å². The minimum atomic E-state index is -0.508. The Kier molecular flexibility index (Phi) is 6.59. The van der Waals surface area contributed by atoms with E-state index in [4.69, 9.17) is 14.2 Å². The fourth-order valence-corrected chi connectivity index (χ4v) is 3.38. The van der Waals surface area contributed by atoms with Gasteiger partial charge in [-0.3, -0.25) is 4.79 Å². The molecule has 0 bridgehead atoms. The lowest BCUT2D eigenvalue weighted by Crippen LogP contribution is -2.50. The van der Waals surface area contributed by atoms with Crippen molar-refractivity contribution in [3.05, 3.63) is 53.6 Å². The van der Waals surface area contributed by atoms with Gasteiger partial charge in [0.2, 0.25) is 0 Å². The number of para-hydroxylation sites is 2. The van der Waals surface area contributed by atoms with E-state index in [2.05, 4.69) is 4.90 Å². The third kappa shape index (κ3) is 4.80. The van der Waals surface area contributed by atoms with Crippen LogP contribution >= 0.6 is 0 Å². The molecule has 0 unspecified atom stereocenters. The van der Waals surface area contributed by atoms with Gasteiger partial charge in [0.05, 0.1) is 25.5 Å². The molecule has 0 radical (unpaired) electrons. The topological polar surface area (TPSA) is 68.3 Å². The van der Waals surface area contributed by atoms with Crippen LogP contribution in [-0.2, 0) is 9.53 Å². The number of nitrogens with zero attached hydrogens (tertiary/aromatic N) is 2. The van der Waals surface area contributed by atoms with Crippen LogP contribution in [0.1, 0.15) is 15.9 Å². The molecule has 0 spiro atoms. The summed E-state index contributed by atoms with van der Waals surface area (Å²) in [6, 6.07) is 12.9. The number of carbonyl (C=O) groups is 2. The molecule has 154 valence electrons. The van der Waals surface area contributed by atoms with E-state index < -0.39 is 5.97 Å². The molecule has 29 heavy (non-hydrogen) atoms. The van der Waals surface area contributed by atoms with Crippen LogP contribution in [0.2, 0.25) is 0 Å². The van der Waals surface area contributed by atoms with E-state index >= 15 is 0 Å². The van der Waals surface area contributed by atoms with Gasteiger partial charge in [0.25, 0.3) is 5.91 Å². The molecule has 0 saturated carbocycles. The first kappa shape index (κ1) is 20.5. The molecule has 0 atom stereocenters. The summed E-state index contributed by atoms with van der Waals surface area (Å²) in [4.78, 5) is 28.7. The minimum absolute atomic E-state index is 0.191. The third-order valence-electron chi connectivity index (χ3n) is 5.04. The van der Waals surface area contributed by atoms with Gasteiger partial charge in [-0.25, -0.2) is 4.79 Å². The highest BCUT2D eigenvalue weighted by Gasteiger charge is 2.24. The summed E-state index contributed by atoms with van der Waals surface area (Å²) in [6.07, 6.45) is 0. The summed E-state index contributed by atoms with van der Waals surface area (Å²) in [7, 11) is 3.22. The van der Waals surface area contributed by atoms with Gasteiger partial charge >= 0.3 is 5.97 Å². The fraction of sp³-hybridized carbons (Fsp3) is 0.364. The lowest BCUT2D eigenvalue weighted by Gasteiger charge is -2.36. The summed E-state index contributed by atoms with van der Waals surface area (Å²) in [6.45, 7) is 4.05. The fourth-order valence-electron chi connectivity index (χ4n) is 3.38. The van der Waals surface area contributed by atoms with Crippen molar-refractivity contribution in [1.29, 1.82) is 0 Å². The Morgan fingerprint density at radius 2 is 1.69 bits per heavy atom. The van der Waals surface area contributed by atoms with Gasteiger partial charge in [0, 0.05) is 26.2 Å². The molecule has 0 N–H and O–H groups in total. The molecule has 1 aliphatic rings. The minimum Gasteiger partial charge on any atom is -0.497 e. The molecule has 1 amide bonds. The van der Waals surface area contributed by atoms with Gasteiger partial charge < -0.3 is 24.0 Å². The highest BCUT2D eigenvalue weighted by atomic mass is 16.5. The van der Waals surface area contributed by atoms with Gasteiger partial charge in [-0.2, -0.15) is 0 Å². The second kappa shape index (κ2) is 9.32. The molecule has 3 rings (SSSR count). The van der Waals surface area contributed by atoms with Crippen molar-refractivity contribution >= 4 is 17.6 Å². The normalized spacial score (nSPS) is 13.8. The molecule has 7 heteroatoms. The largest absolute Gasteiger partial charge is 0.497 e. The van der Waals surface area contributed by atoms with Crippen molar-refractivity contribution in [2.75, 3.05) is 51.9 Å². The lowest BCUT2D eigenvalue weighted by atomic mass is 10.1. The molecule has 1 saturated heterocycles. The molecule has 1 heterocycles. The highest BCUT2D eigenvalue weighted by Crippen LogP contribution is 2.28. The van der Waals surface area contributed by atoms with Crippen molar-refractivity contribution in [1.82, 2.24) is 4.90 Å². The Labute approximate surface area is 170 Å². The van der Waals surface area contributed by atoms with E-state index in [1.807, 2.05) is 24.3 Å². The Morgan fingerprint density at radius 3 is 2.34 bits per heavy atom. The number of ether oxygens (including phenoxy) is 3. The van der Waals surface area contributed by atoms with Crippen LogP contribution in [-0.4, -0.2) is 63.8 Å². The molecular formula is C22H26N2O5. The first-order chi connectivity index (χ1) is 14.0. The Balaban J connectivity index is 1.52. The first-order valence-electron chi connectivity index (χ1n) is 9.51. The summed E-state index contributed by atoms with van der Waals surface area (Å²) in [5, 5.41) is 0. The average Bonchev–Trinajstić information content (AvgIpc) is 2.77. The number of amides is 1. The maximum absolute atomic E-state index is 12.5. The van der Waals surface area contributed by atoms with Crippen molar-refractivity contribution in [2.45, 2.75) is 6.92 Å². The Morgan fingerprint density at radius 1 is 0.966 bits per heavy atom. The molecule has 2 aromatic carbocycles. The first-order valence-corrected chi connectivity index (χ1v) is 9.51. The number of esters is 1. The van der Waals surface area contributed by atoms with Crippen LogP contribution in [0.5, 0.6) is 11.5 Å². The maximum Gasteiger partial charge on any atom is 0.338 e. The Bertz CT molecular complexity index is 875. The average molecular weight is 398 g/mol. The summed E-state index contributed by atoms with van der Waals surface area (Å²) < 4.78 is 15.8. The third-order valence-corrected chi connectivity index (χ3v) is 5.04. The van der Waals surface area contributed by atoms with Crippen LogP contribution in [0.25, 0.3) is 0 Å². The SMILES string of the molecule is COc1ccc(C(=O)OCC(=O)N2CCN(c3ccccc3OC)CC2)c(C)c1. The number of benzene rings is 2. The maximum atomic E-state index is 12.5. The predicted molar refractivity (Wildman–Crippen MR) is 110 cm³/mol. The van der Waals surface area contributed by atoms with E-state index in [-0.39, 0.29) is 12.5 Å². The number of carbonyl (C=O) groups excluding carboxylic acids is 2. The van der Waals surface area contributed by atoms with Crippen molar-refractivity contribution < 1.29 is 23.8 Å². The van der Waals surface area contributed by atoms with Gasteiger partial charge in [-0.1, -0.05) is 12.1 Å². The summed E-state index contributed by atoms with van der Waals surface area (Å²) in [5.41, 5.74) is 2.19. The summed E-state index contributed by atoms with van der Waals surface area (Å²) in [5.74, 6) is 0.787. The quantitative estimate of drug-likeness (QED) is 0.697. The van der Waals surface area contributed by atoms with Crippen LogP contribution < -0.4 is 14.4 Å². The van der Waals surface area contributed by atoms with Crippen LogP contribution in [0.4, 0.5) is 5.69 Å². The second-order valence-electron chi connectivity index (χ2n) is 6.80. The number of piperazine rings is 1.